The number of fused-ring (bicyclic) bond motifs is 1. The van der Waals surface area contributed by atoms with Gasteiger partial charge >= 0.3 is 0 Å². The van der Waals surface area contributed by atoms with Crippen molar-refractivity contribution in [3.8, 4) is 0 Å². The van der Waals surface area contributed by atoms with Crippen LogP contribution >= 0.6 is 0 Å². The van der Waals surface area contributed by atoms with Gasteiger partial charge in [0.05, 0.1) is 27.7 Å². The normalized spacial score (nSPS) is 25.2. The van der Waals surface area contributed by atoms with Crippen LogP contribution in [0, 0.1) is 48.6 Å². The van der Waals surface area contributed by atoms with E-state index in [1.807, 2.05) is 64.1 Å². The number of anilines is 2. The molecule has 2 aliphatic heterocycles. The molecule has 1 fully saturated rings. The summed E-state index contributed by atoms with van der Waals surface area (Å²) in [7, 11) is 0. The largest absolute Gasteiger partial charge is 0.272 e. The fraction of sp³-hybridized carbons (Fsp3) is 0.290. The highest BCUT2D eigenvalue weighted by atomic mass is 16.6. The fourth-order valence-corrected chi connectivity index (χ4v) is 6.67. The summed E-state index contributed by atoms with van der Waals surface area (Å²) in [6.07, 6.45) is 0. The molecule has 6 rings (SSSR count). The lowest BCUT2D eigenvalue weighted by Gasteiger charge is -2.19. The van der Waals surface area contributed by atoms with Gasteiger partial charge in [-0.2, -0.15) is 20.2 Å². The molecule has 2 amide bonds. The van der Waals surface area contributed by atoms with E-state index in [1.54, 1.807) is 32.0 Å². The van der Waals surface area contributed by atoms with Gasteiger partial charge in [0.15, 0.2) is 0 Å². The molecule has 0 radical (unpaired) electrons. The van der Waals surface area contributed by atoms with Crippen molar-refractivity contribution in [3.63, 3.8) is 0 Å². The summed E-state index contributed by atoms with van der Waals surface area (Å²) in [5.41, 5.74) is 3.46. The molecule has 3 aliphatic rings. The molecule has 0 N–H and O–H groups in total. The number of aryl methyl sites for hydroxylation is 4. The van der Waals surface area contributed by atoms with Crippen molar-refractivity contribution in [3.05, 3.63) is 98.6 Å². The average Bonchev–Trinajstić information content (AvgIpc) is 3.40. The van der Waals surface area contributed by atoms with E-state index in [9.17, 15) is 19.7 Å². The Bertz CT molecular complexity index is 1630. The standard InChI is InChI=1S/C31H29N5O4/c1-17-11-13-23(15-19(17)3)34-28(37)30(21(5)32-34)27(25-9-7-8-10-26(25)36(39)40)31(30)22(6)33-35(29(31)38)24-14-12-18(2)20(4)16-24/h7-16,27H,1-6H3. The third-order valence-electron chi connectivity index (χ3n) is 9.02. The lowest BCUT2D eigenvalue weighted by molar-refractivity contribution is -0.385. The molecular weight excluding hydrogens is 506 g/mol. The maximum atomic E-state index is 14.6. The third kappa shape index (κ3) is 3.03. The molecule has 2 unspecified atom stereocenters. The van der Waals surface area contributed by atoms with Crippen LogP contribution in [0.3, 0.4) is 0 Å². The van der Waals surface area contributed by atoms with E-state index in [1.165, 1.54) is 16.1 Å². The Hall–Kier alpha value is -4.66. The summed E-state index contributed by atoms with van der Waals surface area (Å²) in [6, 6.07) is 17.6. The van der Waals surface area contributed by atoms with Gasteiger partial charge in [0.25, 0.3) is 17.5 Å². The zero-order valence-electron chi connectivity index (χ0n) is 23.2. The average molecular weight is 536 g/mol. The number of nitro groups is 1. The Morgan fingerprint density at radius 1 is 0.700 bits per heavy atom. The van der Waals surface area contributed by atoms with E-state index < -0.39 is 21.7 Å². The van der Waals surface area contributed by atoms with Gasteiger partial charge in [0.2, 0.25) is 0 Å². The van der Waals surface area contributed by atoms with Gasteiger partial charge in [-0.15, -0.1) is 0 Å². The Kier molecular flexibility index (Phi) is 5.39. The van der Waals surface area contributed by atoms with Gasteiger partial charge in [-0.3, -0.25) is 19.7 Å². The van der Waals surface area contributed by atoms with Crippen molar-refractivity contribution >= 4 is 40.3 Å². The van der Waals surface area contributed by atoms with Crippen molar-refractivity contribution in [2.75, 3.05) is 10.0 Å². The number of hydrazone groups is 2. The van der Waals surface area contributed by atoms with Gasteiger partial charge in [-0.25, -0.2) is 0 Å². The molecule has 2 atom stereocenters. The van der Waals surface area contributed by atoms with Crippen LogP contribution in [0.25, 0.3) is 0 Å². The van der Waals surface area contributed by atoms with E-state index in [2.05, 4.69) is 0 Å². The second-order valence-electron chi connectivity index (χ2n) is 11.0. The Balaban J connectivity index is 1.56. The highest BCUT2D eigenvalue weighted by Gasteiger charge is 2.91. The van der Waals surface area contributed by atoms with Crippen LogP contribution in [-0.2, 0) is 9.59 Å². The fourth-order valence-electron chi connectivity index (χ4n) is 6.67. The first kappa shape index (κ1) is 25.6. The van der Waals surface area contributed by atoms with Crippen molar-refractivity contribution in [1.29, 1.82) is 0 Å². The molecule has 1 saturated carbocycles. The van der Waals surface area contributed by atoms with E-state index in [0.717, 1.165) is 22.3 Å². The first-order chi connectivity index (χ1) is 19.0. The zero-order valence-corrected chi connectivity index (χ0v) is 23.2. The molecule has 0 aromatic heterocycles. The second kappa shape index (κ2) is 8.42. The van der Waals surface area contributed by atoms with Gasteiger partial charge in [-0.05, 0) is 88.1 Å². The van der Waals surface area contributed by atoms with Crippen LogP contribution in [0.4, 0.5) is 17.1 Å². The highest BCUT2D eigenvalue weighted by Crippen LogP contribution is 2.80. The van der Waals surface area contributed by atoms with E-state index >= 15 is 0 Å². The van der Waals surface area contributed by atoms with Crippen LogP contribution in [0.2, 0.25) is 0 Å². The molecule has 1 aliphatic carbocycles. The minimum absolute atomic E-state index is 0.140. The molecule has 40 heavy (non-hydrogen) atoms. The van der Waals surface area contributed by atoms with Crippen molar-refractivity contribution in [1.82, 2.24) is 0 Å². The summed E-state index contributed by atoms with van der Waals surface area (Å²) in [4.78, 5) is 40.8. The van der Waals surface area contributed by atoms with Crippen LogP contribution < -0.4 is 10.0 Å². The van der Waals surface area contributed by atoms with Gasteiger partial charge in [0.1, 0.15) is 10.8 Å². The maximum absolute atomic E-state index is 14.6. The predicted molar refractivity (Wildman–Crippen MR) is 154 cm³/mol. The Morgan fingerprint density at radius 2 is 1.15 bits per heavy atom. The summed E-state index contributed by atoms with van der Waals surface area (Å²) in [5, 5.41) is 24.2. The molecule has 9 nitrogen and oxygen atoms in total. The van der Waals surface area contributed by atoms with Crippen LogP contribution in [0.15, 0.2) is 70.9 Å². The number of benzene rings is 3. The van der Waals surface area contributed by atoms with Crippen LogP contribution in [0.5, 0.6) is 0 Å². The van der Waals surface area contributed by atoms with Gasteiger partial charge in [0, 0.05) is 17.5 Å². The summed E-state index contributed by atoms with van der Waals surface area (Å²) >= 11 is 0. The lowest BCUT2D eigenvalue weighted by atomic mass is 9.85. The van der Waals surface area contributed by atoms with Gasteiger partial charge in [-0.1, -0.05) is 30.3 Å². The van der Waals surface area contributed by atoms with Crippen LogP contribution in [0.1, 0.15) is 47.6 Å². The molecule has 202 valence electrons. The smallest absolute Gasteiger partial charge is 0.271 e. The number of carbonyl (C=O) groups excluding carboxylic acids is 2. The first-order valence-electron chi connectivity index (χ1n) is 13.2. The number of hydrogen-bond acceptors (Lipinski definition) is 6. The lowest BCUT2D eigenvalue weighted by Crippen LogP contribution is -2.40. The molecule has 3 aromatic rings. The molecule has 0 saturated heterocycles. The van der Waals surface area contributed by atoms with Crippen molar-refractivity contribution in [2.45, 2.75) is 47.5 Å². The molecule has 0 bridgehead atoms. The Labute approximate surface area is 231 Å². The van der Waals surface area contributed by atoms with E-state index in [0.29, 0.717) is 28.4 Å². The molecule has 2 heterocycles. The number of rotatable bonds is 4. The number of amides is 2. The van der Waals surface area contributed by atoms with Gasteiger partial charge < -0.3 is 0 Å². The molecule has 9 heteroatoms. The van der Waals surface area contributed by atoms with E-state index in [4.69, 9.17) is 10.2 Å². The minimum Gasteiger partial charge on any atom is -0.271 e. The quantitative estimate of drug-likeness (QED) is 0.313. The summed E-state index contributed by atoms with van der Waals surface area (Å²) < 4.78 is 0. The minimum atomic E-state index is -1.45. The van der Waals surface area contributed by atoms with Crippen molar-refractivity contribution in [2.24, 2.45) is 21.0 Å². The summed E-state index contributed by atoms with van der Waals surface area (Å²) in [6.45, 7) is 11.3. The first-order valence-corrected chi connectivity index (χ1v) is 13.2. The maximum Gasteiger partial charge on any atom is 0.272 e. The SMILES string of the molecule is CC1=NN(c2ccc(C)c(C)c2)C(=O)C12C(c1ccccc1[N+](=O)[O-])C21C(=O)N(c2ccc(C)c(C)c2)N=C1C. The number of carbonyl (C=O) groups is 2. The molecule has 2 spiro atoms. The topological polar surface area (TPSA) is 108 Å². The predicted octanol–water partition coefficient (Wildman–Crippen LogP) is 5.74. The number of para-hydroxylation sites is 1. The number of nitrogens with zero attached hydrogens (tertiary/aromatic N) is 5. The van der Waals surface area contributed by atoms with Crippen LogP contribution in [-0.4, -0.2) is 28.2 Å². The summed E-state index contributed by atoms with van der Waals surface area (Å²) in [5.74, 6) is -1.62. The molecule has 3 aromatic carbocycles. The highest BCUT2D eigenvalue weighted by molar-refractivity contribution is 6.37. The number of hydrogen-bond donors (Lipinski definition) is 0. The zero-order chi connectivity index (χ0) is 28.7. The number of nitro benzene ring substituents is 1. The monoisotopic (exact) mass is 535 g/mol. The Morgan fingerprint density at radius 3 is 1.57 bits per heavy atom. The molecular formula is C31H29N5O4. The third-order valence-corrected chi connectivity index (χ3v) is 9.02. The second-order valence-corrected chi connectivity index (χ2v) is 11.0. The van der Waals surface area contributed by atoms with Crippen molar-refractivity contribution < 1.29 is 14.5 Å². The van der Waals surface area contributed by atoms with E-state index in [-0.39, 0.29) is 17.5 Å².